The second kappa shape index (κ2) is 10.8. The molecular weight excluding hydrogens is 561 g/mol. The van der Waals surface area contributed by atoms with Gasteiger partial charge in [-0.1, -0.05) is 50.0 Å². The monoisotopic (exact) mass is 594 g/mol. The highest BCUT2D eigenvalue weighted by atomic mass is 35.5. The second-order valence-corrected chi connectivity index (χ2v) is 13.0. The Morgan fingerprint density at radius 2 is 1.75 bits per heavy atom. The highest BCUT2D eigenvalue weighted by Crippen LogP contribution is 2.57. The fourth-order valence-corrected chi connectivity index (χ4v) is 7.01. The lowest BCUT2D eigenvalue weighted by atomic mass is 9.62. The van der Waals surface area contributed by atoms with Crippen LogP contribution in [0.3, 0.4) is 0 Å². The molecule has 216 valence electrons. The smallest absolute Gasteiger partial charge is 0.240 e. The minimum atomic E-state index is -1.39. The molecule has 11 heteroatoms. The highest BCUT2D eigenvalue weighted by molar-refractivity contribution is 6.31. The van der Waals surface area contributed by atoms with Gasteiger partial charge in [-0.05, 0) is 47.2 Å². The molecule has 0 aromatic heterocycles. The fraction of sp³-hybridized carbons (Fsp3) is 0.517. The zero-order valence-corrected chi connectivity index (χ0v) is 24.3. The van der Waals surface area contributed by atoms with Crippen molar-refractivity contribution in [2.75, 3.05) is 44.6 Å². The van der Waals surface area contributed by atoms with Gasteiger partial charge in [0.1, 0.15) is 17.0 Å². The molecule has 3 aliphatic heterocycles. The number of amides is 2. The summed E-state index contributed by atoms with van der Waals surface area (Å²) in [5.74, 6) is -2.67. The van der Waals surface area contributed by atoms with E-state index in [9.17, 15) is 19.1 Å². The molecule has 2 amide bonds. The van der Waals surface area contributed by atoms with Gasteiger partial charge in [0.05, 0.1) is 22.7 Å². The van der Waals surface area contributed by atoms with Crippen molar-refractivity contribution in [3.05, 3.63) is 63.1 Å². The van der Waals surface area contributed by atoms with Gasteiger partial charge in [0.15, 0.2) is 0 Å². The first-order valence-electron chi connectivity index (χ1n) is 13.5. The van der Waals surface area contributed by atoms with E-state index in [0.29, 0.717) is 56.0 Å². The van der Waals surface area contributed by atoms with Gasteiger partial charge in [-0.3, -0.25) is 14.5 Å². The van der Waals surface area contributed by atoms with E-state index < -0.39 is 35.1 Å². The fourth-order valence-electron chi connectivity index (χ4n) is 6.66. The lowest BCUT2D eigenvalue weighted by molar-refractivity contribution is -0.135. The van der Waals surface area contributed by atoms with Gasteiger partial charge in [-0.15, -0.1) is 0 Å². The van der Waals surface area contributed by atoms with Gasteiger partial charge in [0.2, 0.25) is 11.8 Å². The normalized spacial score (nSPS) is 26.9. The first-order valence-corrected chi connectivity index (χ1v) is 14.3. The van der Waals surface area contributed by atoms with Crippen LogP contribution in [0.4, 0.5) is 14.5 Å². The van der Waals surface area contributed by atoms with E-state index in [2.05, 4.69) is 15.5 Å². The van der Waals surface area contributed by atoms with Crippen molar-refractivity contribution in [1.29, 1.82) is 0 Å². The standard InChI is InChI=1S/C29H34Cl2F2N4O3/c1-28(2,3)15-23-29(17-13-21(33)19(31)14-22(17)34-27(29)40)24(16-4-5-20(32)18(30)12-16)25(35-23)26(39)37-8-6-36(7-9-37)10-11-38/h4-5,12-14,23-25,35,38H,6-11,15H2,1-3H3,(H,34,40)/t23-,24+,25-,29+/m1/s1. The number of piperazine rings is 1. The summed E-state index contributed by atoms with van der Waals surface area (Å²) in [6, 6.07) is 5.49. The van der Waals surface area contributed by atoms with Crippen LogP contribution in [0.1, 0.15) is 44.2 Å². The van der Waals surface area contributed by atoms with Gasteiger partial charge >= 0.3 is 0 Å². The zero-order valence-electron chi connectivity index (χ0n) is 22.7. The molecule has 4 atom stereocenters. The van der Waals surface area contributed by atoms with E-state index in [1.807, 2.05) is 20.8 Å². The number of hydrogen-bond acceptors (Lipinski definition) is 5. The highest BCUT2D eigenvalue weighted by Gasteiger charge is 2.66. The molecule has 0 bridgehead atoms. The second-order valence-electron chi connectivity index (χ2n) is 12.1. The molecule has 2 aromatic carbocycles. The summed E-state index contributed by atoms with van der Waals surface area (Å²) in [6.45, 7) is 8.81. The van der Waals surface area contributed by atoms with Crippen LogP contribution in [0.5, 0.6) is 0 Å². The summed E-state index contributed by atoms with van der Waals surface area (Å²) in [5, 5.41) is 15.5. The number of nitrogens with one attached hydrogen (secondary N) is 2. The van der Waals surface area contributed by atoms with Crippen molar-refractivity contribution in [2.24, 2.45) is 5.41 Å². The zero-order chi connectivity index (χ0) is 29.0. The Kier molecular flexibility index (Phi) is 7.91. The number of carbonyl (C=O) groups is 2. The Balaban J connectivity index is 1.67. The molecule has 40 heavy (non-hydrogen) atoms. The van der Waals surface area contributed by atoms with Gasteiger partial charge in [0, 0.05) is 50.4 Å². The van der Waals surface area contributed by atoms with E-state index in [1.54, 1.807) is 11.0 Å². The van der Waals surface area contributed by atoms with E-state index >= 15 is 4.39 Å². The predicted molar refractivity (Wildman–Crippen MR) is 151 cm³/mol. The Labute approximate surface area is 242 Å². The molecule has 2 aromatic rings. The lowest BCUT2D eigenvalue weighted by Crippen LogP contribution is -2.54. The SMILES string of the molecule is CC(C)(C)C[C@H]1N[C@@H](C(=O)N2CCN(CCO)CC2)[C@H](c2ccc(F)c(Cl)c2)[C@@]12C(=O)Nc1cc(Cl)c(F)cc12. The summed E-state index contributed by atoms with van der Waals surface area (Å²) < 4.78 is 29.4. The number of rotatable bonds is 5. The molecule has 0 radical (unpaired) electrons. The molecule has 3 heterocycles. The van der Waals surface area contributed by atoms with E-state index in [4.69, 9.17) is 23.2 Å². The van der Waals surface area contributed by atoms with Crippen molar-refractivity contribution in [2.45, 2.75) is 50.6 Å². The number of β-amino-alcohol motifs (C(OH)–C–C–N with tert-alkyl or cyclic N) is 1. The number of anilines is 1. The topological polar surface area (TPSA) is 84.9 Å². The Morgan fingerprint density at radius 3 is 2.38 bits per heavy atom. The number of halogens is 4. The van der Waals surface area contributed by atoms with Crippen molar-refractivity contribution in [3.63, 3.8) is 0 Å². The average molecular weight is 596 g/mol. The number of benzene rings is 2. The summed E-state index contributed by atoms with van der Waals surface area (Å²) in [4.78, 5) is 32.3. The largest absolute Gasteiger partial charge is 0.395 e. The molecule has 0 aliphatic carbocycles. The van der Waals surface area contributed by atoms with Crippen LogP contribution >= 0.6 is 23.2 Å². The first kappa shape index (κ1) is 29.2. The Morgan fingerprint density at radius 1 is 1.07 bits per heavy atom. The van der Waals surface area contributed by atoms with E-state index in [1.165, 1.54) is 24.3 Å². The number of aliphatic hydroxyl groups excluding tert-OH is 1. The summed E-state index contributed by atoms with van der Waals surface area (Å²) in [5.41, 5.74) is -0.354. The van der Waals surface area contributed by atoms with Gasteiger partial charge in [-0.25, -0.2) is 8.78 Å². The van der Waals surface area contributed by atoms with Crippen LogP contribution < -0.4 is 10.6 Å². The van der Waals surface area contributed by atoms with Gasteiger partial charge < -0.3 is 20.6 Å². The van der Waals surface area contributed by atoms with Gasteiger partial charge in [0.25, 0.3) is 0 Å². The van der Waals surface area contributed by atoms with Crippen LogP contribution in [0.2, 0.25) is 10.0 Å². The third-order valence-corrected chi connectivity index (χ3v) is 8.95. The number of aliphatic hydroxyl groups is 1. The number of carbonyl (C=O) groups excluding carboxylic acids is 2. The molecule has 7 nitrogen and oxygen atoms in total. The van der Waals surface area contributed by atoms with Crippen molar-refractivity contribution < 1.29 is 23.5 Å². The third-order valence-electron chi connectivity index (χ3n) is 8.37. The molecule has 0 saturated carbocycles. The molecule has 5 rings (SSSR count). The molecule has 3 N–H and O–H groups in total. The average Bonchev–Trinajstić information content (AvgIpc) is 3.35. The molecule has 2 saturated heterocycles. The Bertz CT molecular complexity index is 1330. The Hall–Kier alpha value is -2.30. The molecule has 2 fully saturated rings. The number of fused-ring (bicyclic) bond motifs is 2. The van der Waals surface area contributed by atoms with E-state index in [0.717, 1.165) is 0 Å². The van der Waals surface area contributed by atoms with Crippen LogP contribution in [-0.4, -0.2) is 78.1 Å². The maximum absolute atomic E-state index is 15.0. The third kappa shape index (κ3) is 5.00. The van der Waals surface area contributed by atoms with E-state index in [-0.39, 0.29) is 33.9 Å². The molecule has 1 spiro atoms. The number of nitrogens with zero attached hydrogens (tertiary/aromatic N) is 2. The van der Waals surface area contributed by atoms with Gasteiger partial charge in [-0.2, -0.15) is 0 Å². The predicted octanol–water partition coefficient (Wildman–Crippen LogP) is 4.16. The van der Waals surface area contributed by atoms with Crippen molar-refractivity contribution in [1.82, 2.24) is 15.1 Å². The maximum atomic E-state index is 15.0. The van der Waals surface area contributed by atoms with Crippen LogP contribution in [0.15, 0.2) is 30.3 Å². The lowest BCUT2D eigenvalue weighted by Gasteiger charge is -2.39. The number of hydrogen-bond donors (Lipinski definition) is 3. The maximum Gasteiger partial charge on any atom is 0.240 e. The molecular formula is C29H34Cl2F2N4O3. The minimum Gasteiger partial charge on any atom is -0.395 e. The summed E-state index contributed by atoms with van der Waals surface area (Å²) in [6.07, 6.45) is 0.490. The van der Waals surface area contributed by atoms with Crippen molar-refractivity contribution in [3.8, 4) is 0 Å². The van der Waals surface area contributed by atoms with Crippen LogP contribution in [-0.2, 0) is 15.0 Å². The molecule has 0 unspecified atom stereocenters. The molecule has 3 aliphatic rings. The van der Waals surface area contributed by atoms with Crippen molar-refractivity contribution >= 4 is 40.7 Å². The van der Waals surface area contributed by atoms with Crippen LogP contribution in [0.25, 0.3) is 0 Å². The summed E-state index contributed by atoms with van der Waals surface area (Å²) in [7, 11) is 0. The quantitative estimate of drug-likeness (QED) is 0.484. The minimum absolute atomic E-state index is 0.0393. The van der Waals surface area contributed by atoms with Crippen LogP contribution in [0, 0.1) is 17.0 Å². The first-order chi connectivity index (χ1) is 18.9. The summed E-state index contributed by atoms with van der Waals surface area (Å²) >= 11 is 12.3.